The molecule has 0 bridgehead atoms. The third-order valence-electron chi connectivity index (χ3n) is 5.89. The molecule has 0 atom stereocenters. The normalized spacial score (nSPS) is 11.1. The number of fused-ring (bicyclic) bond motifs is 1. The molecule has 0 saturated carbocycles. The van der Waals surface area contributed by atoms with Crippen molar-refractivity contribution < 1.29 is 13.9 Å². The Kier molecular flexibility index (Phi) is 7.65. The van der Waals surface area contributed by atoms with E-state index in [1.165, 1.54) is 22.4 Å². The lowest BCUT2D eigenvalue weighted by atomic mass is 10.1. The van der Waals surface area contributed by atoms with Gasteiger partial charge in [0, 0.05) is 27.8 Å². The van der Waals surface area contributed by atoms with Gasteiger partial charge in [-0.25, -0.2) is 9.37 Å². The van der Waals surface area contributed by atoms with E-state index in [0.29, 0.717) is 28.6 Å². The van der Waals surface area contributed by atoms with Crippen molar-refractivity contribution in [2.45, 2.75) is 20.1 Å². The standard InChI is InChI=1S/C29H23BrClFN2O2S/c1-17-3-10-25-28(11-17)37-29(34-25)18-5-8-22(9-6-18)33-15-20-12-26(35-2)27(14-23(20)30)36-16-19-4-7-21(32)13-24(19)31/h3-14,33H,15-16H2,1-2H3. The molecular formula is C29H23BrClFN2O2S. The molecule has 0 spiro atoms. The smallest absolute Gasteiger partial charge is 0.162 e. The average Bonchev–Trinajstić information content (AvgIpc) is 3.31. The first-order valence-corrected chi connectivity index (χ1v) is 13.5. The molecule has 0 unspecified atom stereocenters. The zero-order valence-electron chi connectivity index (χ0n) is 20.1. The summed E-state index contributed by atoms with van der Waals surface area (Å²) in [5.74, 6) is 0.779. The molecule has 5 rings (SSSR count). The van der Waals surface area contributed by atoms with Crippen molar-refractivity contribution in [3.63, 3.8) is 0 Å². The summed E-state index contributed by atoms with van der Waals surface area (Å²) < 4.78 is 26.9. The van der Waals surface area contributed by atoms with Crippen molar-refractivity contribution in [2.75, 3.05) is 12.4 Å². The van der Waals surface area contributed by atoms with E-state index in [-0.39, 0.29) is 12.4 Å². The lowest BCUT2D eigenvalue weighted by molar-refractivity contribution is 0.284. The van der Waals surface area contributed by atoms with E-state index in [9.17, 15) is 4.39 Å². The highest BCUT2D eigenvalue weighted by molar-refractivity contribution is 9.10. The molecular weight excluding hydrogens is 575 g/mol. The molecule has 37 heavy (non-hydrogen) atoms. The summed E-state index contributed by atoms with van der Waals surface area (Å²) in [4.78, 5) is 4.77. The quantitative estimate of drug-likeness (QED) is 0.194. The number of aryl methyl sites for hydroxylation is 1. The molecule has 4 nitrogen and oxygen atoms in total. The number of methoxy groups -OCH3 is 1. The van der Waals surface area contributed by atoms with Gasteiger partial charge in [0.05, 0.1) is 22.3 Å². The number of hydrogen-bond acceptors (Lipinski definition) is 5. The molecule has 1 aromatic heterocycles. The van der Waals surface area contributed by atoms with Gasteiger partial charge in [0.2, 0.25) is 0 Å². The topological polar surface area (TPSA) is 43.4 Å². The molecule has 188 valence electrons. The van der Waals surface area contributed by atoms with Crippen LogP contribution in [-0.2, 0) is 13.2 Å². The minimum atomic E-state index is -0.382. The maximum Gasteiger partial charge on any atom is 0.162 e. The average molecular weight is 598 g/mol. The minimum absolute atomic E-state index is 0.195. The van der Waals surface area contributed by atoms with Crippen LogP contribution in [0.25, 0.3) is 20.8 Å². The number of aromatic nitrogens is 1. The van der Waals surface area contributed by atoms with E-state index in [0.717, 1.165) is 31.8 Å². The summed E-state index contributed by atoms with van der Waals surface area (Å²) in [5, 5.41) is 4.79. The summed E-state index contributed by atoms with van der Waals surface area (Å²) >= 11 is 11.5. The van der Waals surface area contributed by atoms with E-state index in [1.54, 1.807) is 24.5 Å². The molecule has 0 saturated heterocycles. The number of benzene rings is 4. The van der Waals surface area contributed by atoms with Crippen LogP contribution in [0.5, 0.6) is 11.5 Å². The predicted octanol–water partition coefficient (Wildman–Crippen LogP) is 9.03. The SMILES string of the molecule is COc1cc(CNc2ccc(-c3nc4ccc(C)cc4s3)cc2)c(Br)cc1OCc1ccc(F)cc1Cl. The number of anilines is 1. The molecule has 1 heterocycles. The Morgan fingerprint density at radius 2 is 1.78 bits per heavy atom. The van der Waals surface area contributed by atoms with Crippen molar-refractivity contribution in [1.29, 1.82) is 0 Å². The summed E-state index contributed by atoms with van der Waals surface area (Å²) in [6, 6.07) is 22.7. The predicted molar refractivity (Wildman–Crippen MR) is 154 cm³/mol. The van der Waals surface area contributed by atoms with E-state index in [1.807, 2.05) is 12.1 Å². The number of rotatable bonds is 8. The lowest BCUT2D eigenvalue weighted by Crippen LogP contribution is -2.03. The molecule has 1 N–H and O–H groups in total. The number of thiazole rings is 1. The molecule has 5 aromatic rings. The molecule has 0 radical (unpaired) electrons. The van der Waals surface area contributed by atoms with Gasteiger partial charge in [-0.15, -0.1) is 11.3 Å². The fourth-order valence-electron chi connectivity index (χ4n) is 3.86. The summed E-state index contributed by atoms with van der Waals surface area (Å²) in [6.07, 6.45) is 0. The molecule has 0 aliphatic carbocycles. The second-order valence-corrected chi connectivity index (χ2v) is 10.8. The van der Waals surface area contributed by atoms with Gasteiger partial charge in [-0.2, -0.15) is 0 Å². The van der Waals surface area contributed by atoms with Crippen molar-refractivity contribution in [1.82, 2.24) is 4.98 Å². The Hall–Kier alpha value is -3.13. The van der Waals surface area contributed by atoms with Gasteiger partial charge in [-0.1, -0.05) is 39.7 Å². The van der Waals surface area contributed by atoms with Gasteiger partial charge in [-0.05, 0) is 78.7 Å². The van der Waals surface area contributed by atoms with Gasteiger partial charge < -0.3 is 14.8 Å². The van der Waals surface area contributed by atoms with Gasteiger partial charge in [0.15, 0.2) is 11.5 Å². The Morgan fingerprint density at radius 3 is 2.54 bits per heavy atom. The van der Waals surface area contributed by atoms with Crippen LogP contribution in [0, 0.1) is 12.7 Å². The molecule has 0 fully saturated rings. The number of halogens is 3. The molecule has 0 amide bonds. The zero-order chi connectivity index (χ0) is 25.9. The second-order valence-electron chi connectivity index (χ2n) is 8.54. The summed E-state index contributed by atoms with van der Waals surface area (Å²) in [7, 11) is 1.60. The van der Waals surface area contributed by atoms with Crippen LogP contribution < -0.4 is 14.8 Å². The Balaban J connectivity index is 1.26. The largest absolute Gasteiger partial charge is 0.493 e. The summed E-state index contributed by atoms with van der Waals surface area (Å²) in [6.45, 7) is 2.87. The highest BCUT2D eigenvalue weighted by atomic mass is 79.9. The van der Waals surface area contributed by atoms with Gasteiger partial charge in [-0.3, -0.25) is 0 Å². The Bertz CT molecular complexity index is 1570. The maximum atomic E-state index is 13.3. The van der Waals surface area contributed by atoms with E-state index in [2.05, 4.69) is 70.6 Å². The fourth-order valence-corrected chi connectivity index (χ4v) is 5.62. The molecule has 0 aliphatic heterocycles. The molecule has 4 aromatic carbocycles. The maximum absolute atomic E-state index is 13.3. The van der Waals surface area contributed by atoms with Crippen LogP contribution in [0.2, 0.25) is 5.02 Å². The number of hydrogen-bond donors (Lipinski definition) is 1. The third-order valence-corrected chi connectivity index (χ3v) is 8.05. The first-order chi connectivity index (χ1) is 17.9. The highest BCUT2D eigenvalue weighted by Crippen LogP contribution is 2.35. The number of ether oxygens (including phenoxy) is 2. The molecule has 0 aliphatic rings. The third kappa shape index (κ3) is 5.90. The lowest BCUT2D eigenvalue weighted by Gasteiger charge is -2.15. The second kappa shape index (κ2) is 11.1. The molecule has 8 heteroatoms. The van der Waals surface area contributed by atoms with E-state index < -0.39 is 0 Å². The van der Waals surface area contributed by atoms with Crippen LogP contribution in [0.15, 0.2) is 77.3 Å². The first-order valence-electron chi connectivity index (χ1n) is 11.5. The van der Waals surface area contributed by atoms with Crippen molar-refractivity contribution in [3.8, 4) is 22.1 Å². The van der Waals surface area contributed by atoms with E-state index in [4.69, 9.17) is 26.1 Å². The van der Waals surface area contributed by atoms with Crippen molar-refractivity contribution in [2.24, 2.45) is 0 Å². The van der Waals surface area contributed by atoms with Gasteiger partial charge in [0.1, 0.15) is 17.4 Å². The van der Waals surface area contributed by atoms with Crippen LogP contribution in [0.4, 0.5) is 10.1 Å². The van der Waals surface area contributed by atoms with Crippen molar-refractivity contribution >= 4 is 54.8 Å². The van der Waals surface area contributed by atoms with Crippen LogP contribution >= 0.6 is 38.9 Å². The minimum Gasteiger partial charge on any atom is -0.493 e. The van der Waals surface area contributed by atoms with Gasteiger partial charge >= 0.3 is 0 Å². The highest BCUT2D eigenvalue weighted by Gasteiger charge is 2.12. The van der Waals surface area contributed by atoms with Crippen molar-refractivity contribution in [3.05, 3.63) is 105 Å². The monoisotopic (exact) mass is 596 g/mol. The van der Waals surface area contributed by atoms with E-state index >= 15 is 0 Å². The van der Waals surface area contributed by atoms with Crippen LogP contribution in [0.3, 0.4) is 0 Å². The first kappa shape index (κ1) is 25.5. The summed E-state index contributed by atoms with van der Waals surface area (Å²) in [5.41, 5.74) is 6.06. The van der Waals surface area contributed by atoms with Crippen LogP contribution in [-0.4, -0.2) is 12.1 Å². The van der Waals surface area contributed by atoms with Gasteiger partial charge in [0.25, 0.3) is 0 Å². The number of nitrogens with zero attached hydrogens (tertiary/aromatic N) is 1. The Labute approximate surface area is 232 Å². The van der Waals surface area contributed by atoms with Crippen LogP contribution in [0.1, 0.15) is 16.7 Å². The fraction of sp³-hybridized carbons (Fsp3) is 0.138. The zero-order valence-corrected chi connectivity index (χ0v) is 23.3. The number of nitrogens with one attached hydrogen (secondary N) is 1. The Morgan fingerprint density at radius 1 is 0.973 bits per heavy atom.